The Kier molecular flexibility index (Phi) is 3.87. The smallest absolute Gasteiger partial charge is 0.170 e. The van der Waals surface area contributed by atoms with Crippen molar-refractivity contribution in [1.29, 1.82) is 0 Å². The summed E-state index contributed by atoms with van der Waals surface area (Å²) in [5.41, 5.74) is 5.72. The second-order valence-electron chi connectivity index (χ2n) is 7.26. The van der Waals surface area contributed by atoms with Gasteiger partial charge in [-0.3, -0.25) is 4.90 Å². The van der Waals surface area contributed by atoms with Crippen LogP contribution >= 0.6 is 0 Å². The Balaban J connectivity index is 1.27. The van der Waals surface area contributed by atoms with Crippen molar-refractivity contribution in [3.63, 3.8) is 0 Å². The second kappa shape index (κ2) is 6.36. The Morgan fingerprint density at radius 3 is 2.36 bits per heavy atom. The van der Waals surface area contributed by atoms with Gasteiger partial charge in [-0.1, -0.05) is 30.3 Å². The third-order valence-corrected chi connectivity index (χ3v) is 5.89. The van der Waals surface area contributed by atoms with Crippen LogP contribution in [0.4, 0.5) is 5.69 Å². The molecule has 2 aromatic carbocycles. The van der Waals surface area contributed by atoms with Crippen LogP contribution in [-0.4, -0.2) is 43.7 Å². The molecule has 1 fully saturated rings. The largest absolute Gasteiger partial charge is 0.369 e. The Hall–Kier alpha value is -2.04. The summed E-state index contributed by atoms with van der Waals surface area (Å²) >= 11 is 0. The van der Waals surface area contributed by atoms with Gasteiger partial charge in [-0.15, -0.1) is 0 Å². The van der Waals surface area contributed by atoms with Crippen molar-refractivity contribution in [3.05, 3.63) is 59.2 Å². The molecule has 0 bridgehead atoms. The van der Waals surface area contributed by atoms with E-state index in [1.54, 1.807) is 11.1 Å². The molecule has 4 nitrogen and oxygen atoms in total. The monoisotopic (exact) mass is 336 g/mol. The fourth-order valence-corrected chi connectivity index (χ4v) is 4.55. The van der Waals surface area contributed by atoms with Crippen molar-refractivity contribution in [1.82, 2.24) is 4.90 Å². The Labute approximate surface area is 148 Å². The lowest BCUT2D eigenvalue weighted by Crippen LogP contribution is -2.51. The van der Waals surface area contributed by atoms with Crippen molar-refractivity contribution in [2.75, 3.05) is 37.7 Å². The summed E-state index contributed by atoms with van der Waals surface area (Å²) in [6.45, 7) is 5.10. The van der Waals surface area contributed by atoms with Crippen LogP contribution in [0.2, 0.25) is 0 Å². The fourth-order valence-electron chi connectivity index (χ4n) is 4.55. The summed E-state index contributed by atoms with van der Waals surface area (Å²) in [6, 6.07) is 15.9. The van der Waals surface area contributed by atoms with E-state index >= 15 is 0 Å². The highest BCUT2D eigenvalue weighted by Crippen LogP contribution is 2.34. The minimum atomic E-state index is 0.643. The topological polar surface area (TPSA) is 24.9 Å². The molecule has 4 heteroatoms. The zero-order valence-electron chi connectivity index (χ0n) is 14.5. The summed E-state index contributed by atoms with van der Waals surface area (Å²) in [5.74, 6) is 0.887. The number of anilines is 1. The minimum Gasteiger partial charge on any atom is -0.369 e. The van der Waals surface area contributed by atoms with Crippen molar-refractivity contribution < 1.29 is 9.78 Å². The molecule has 0 spiro atoms. The van der Waals surface area contributed by atoms with Crippen LogP contribution in [0, 0.1) is 0 Å². The van der Waals surface area contributed by atoms with Crippen LogP contribution in [0.3, 0.4) is 0 Å². The van der Waals surface area contributed by atoms with E-state index in [2.05, 4.69) is 46.2 Å². The standard InChI is InChI=1S/C21H24N2O2/c1-2-5-17-15-18(14-16(17)4-1)22-9-11-23(12-10-22)20-6-3-7-21-19(20)8-13-24-25-21/h1-7,18H,8-15H2. The first kappa shape index (κ1) is 15.2. The predicted octanol–water partition coefficient (Wildman–Crippen LogP) is 2.84. The number of hydrogen-bond acceptors (Lipinski definition) is 4. The maximum absolute atomic E-state index is 5.36. The van der Waals surface area contributed by atoms with Crippen LogP contribution in [-0.2, 0) is 24.2 Å². The first-order valence-corrected chi connectivity index (χ1v) is 9.35. The van der Waals surface area contributed by atoms with Gasteiger partial charge in [-0.2, -0.15) is 4.89 Å². The molecular formula is C21H24N2O2. The van der Waals surface area contributed by atoms with Crippen molar-refractivity contribution >= 4 is 5.69 Å². The molecule has 0 radical (unpaired) electrons. The molecule has 25 heavy (non-hydrogen) atoms. The summed E-state index contributed by atoms with van der Waals surface area (Å²) < 4.78 is 0. The van der Waals surface area contributed by atoms with Gasteiger partial charge in [0.25, 0.3) is 0 Å². The van der Waals surface area contributed by atoms with E-state index in [4.69, 9.17) is 9.78 Å². The van der Waals surface area contributed by atoms with Crippen molar-refractivity contribution in [3.8, 4) is 5.75 Å². The Morgan fingerprint density at radius 2 is 1.60 bits per heavy atom. The van der Waals surface area contributed by atoms with Gasteiger partial charge >= 0.3 is 0 Å². The molecule has 0 amide bonds. The van der Waals surface area contributed by atoms with Crippen molar-refractivity contribution in [2.45, 2.75) is 25.3 Å². The molecule has 1 saturated heterocycles. The molecule has 2 aliphatic heterocycles. The van der Waals surface area contributed by atoms with Gasteiger partial charge < -0.3 is 9.79 Å². The van der Waals surface area contributed by atoms with Gasteiger partial charge in [0.15, 0.2) is 5.75 Å². The van der Waals surface area contributed by atoms with Gasteiger partial charge in [0.1, 0.15) is 0 Å². The number of hydrogen-bond donors (Lipinski definition) is 0. The maximum Gasteiger partial charge on any atom is 0.170 e. The van der Waals surface area contributed by atoms with Gasteiger partial charge in [0, 0.05) is 49.9 Å². The molecule has 1 aliphatic carbocycles. The van der Waals surface area contributed by atoms with Gasteiger partial charge in [0.05, 0.1) is 6.61 Å². The summed E-state index contributed by atoms with van der Waals surface area (Å²) in [5, 5.41) is 0. The molecule has 130 valence electrons. The number of nitrogens with zero attached hydrogens (tertiary/aromatic N) is 2. The first-order valence-electron chi connectivity index (χ1n) is 9.35. The molecule has 0 aromatic heterocycles. The molecule has 2 aromatic rings. The molecule has 0 atom stereocenters. The van der Waals surface area contributed by atoms with Crippen LogP contribution < -0.4 is 9.79 Å². The lowest BCUT2D eigenvalue weighted by molar-refractivity contribution is -0.215. The highest BCUT2D eigenvalue weighted by molar-refractivity contribution is 5.60. The average molecular weight is 336 g/mol. The summed E-state index contributed by atoms with van der Waals surface area (Å²) in [4.78, 5) is 15.7. The normalized spacial score (nSPS) is 20.9. The SMILES string of the molecule is c1ccc2c(c1)CC(N1CCN(c3cccc4c3CCOO4)CC1)C2. The quantitative estimate of drug-likeness (QED) is 0.788. The molecule has 0 unspecified atom stereocenters. The maximum atomic E-state index is 5.36. The number of piperazine rings is 1. The molecule has 0 saturated carbocycles. The molecular weight excluding hydrogens is 312 g/mol. The highest BCUT2D eigenvalue weighted by Gasteiger charge is 2.30. The molecule has 2 heterocycles. The lowest BCUT2D eigenvalue weighted by Gasteiger charge is -2.40. The first-order chi connectivity index (χ1) is 12.4. The van der Waals surface area contributed by atoms with Crippen LogP contribution in [0.15, 0.2) is 42.5 Å². The highest BCUT2D eigenvalue weighted by atomic mass is 17.2. The van der Waals surface area contributed by atoms with Crippen molar-refractivity contribution in [2.24, 2.45) is 0 Å². The van der Waals surface area contributed by atoms with E-state index in [0.29, 0.717) is 12.6 Å². The van der Waals surface area contributed by atoms with Crippen LogP contribution in [0.25, 0.3) is 0 Å². The van der Waals surface area contributed by atoms with E-state index in [1.165, 1.54) is 24.1 Å². The predicted molar refractivity (Wildman–Crippen MR) is 98.2 cm³/mol. The summed E-state index contributed by atoms with van der Waals surface area (Å²) in [7, 11) is 0. The van der Waals surface area contributed by atoms with Crippen LogP contribution in [0.1, 0.15) is 16.7 Å². The minimum absolute atomic E-state index is 0.643. The van der Waals surface area contributed by atoms with Gasteiger partial charge in [-0.05, 0) is 36.1 Å². The van der Waals surface area contributed by atoms with E-state index < -0.39 is 0 Å². The third kappa shape index (κ3) is 2.79. The van der Waals surface area contributed by atoms with Gasteiger partial charge in [-0.25, -0.2) is 0 Å². The average Bonchev–Trinajstić information content (AvgIpc) is 3.12. The zero-order chi connectivity index (χ0) is 16.6. The summed E-state index contributed by atoms with van der Waals surface area (Å²) in [6.07, 6.45) is 3.35. The number of rotatable bonds is 2. The van der Waals surface area contributed by atoms with Crippen LogP contribution in [0.5, 0.6) is 5.75 Å². The number of benzene rings is 2. The third-order valence-electron chi connectivity index (χ3n) is 5.89. The molecule has 3 aliphatic rings. The molecule has 0 N–H and O–H groups in total. The zero-order valence-corrected chi connectivity index (χ0v) is 14.5. The van der Waals surface area contributed by atoms with Gasteiger partial charge in [0.2, 0.25) is 0 Å². The van der Waals surface area contributed by atoms with E-state index in [9.17, 15) is 0 Å². The Morgan fingerprint density at radius 1 is 0.840 bits per heavy atom. The molecule has 5 rings (SSSR count). The van der Waals surface area contributed by atoms with E-state index in [-0.39, 0.29) is 0 Å². The van der Waals surface area contributed by atoms with E-state index in [0.717, 1.165) is 38.3 Å². The number of fused-ring (bicyclic) bond motifs is 2. The second-order valence-corrected chi connectivity index (χ2v) is 7.26. The lowest BCUT2D eigenvalue weighted by atomic mass is 10.1. The van der Waals surface area contributed by atoms with E-state index in [1.807, 2.05) is 6.07 Å². The fraction of sp³-hybridized carbons (Fsp3) is 0.429. The Bertz CT molecular complexity index is 743.